The van der Waals surface area contributed by atoms with Gasteiger partial charge in [-0.15, -0.1) is 0 Å². The minimum absolute atomic E-state index is 0.152. The van der Waals surface area contributed by atoms with Gasteiger partial charge in [-0.05, 0) is 63.0 Å². The molecule has 2 aromatic heterocycles. The normalized spacial score (nSPS) is 14.2. The number of nitrogens with one attached hydrogen (secondary N) is 2. The summed E-state index contributed by atoms with van der Waals surface area (Å²) in [5.74, 6) is 1.11. The van der Waals surface area contributed by atoms with Crippen molar-refractivity contribution in [3.05, 3.63) is 77.1 Å². The summed E-state index contributed by atoms with van der Waals surface area (Å²) in [6.07, 6.45) is 2.15. The van der Waals surface area contributed by atoms with E-state index < -0.39 is 0 Å². The van der Waals surface area contributed by atoms with Gasteiger partial charge in [0.15, 0.2) is 0 Å². The van der Waals surface area contributed by atoms with Crippen molar-refractivity contribution in [2.75, 3.05) is 19.6 Å². The molecule has 0 spiro atoms. The fourth-order valence-electron chi connectivity index (χ4n) is 4.51. The molecule has 2 N–H and O–H groups in total. The zero-order chi connectivity index (χ0) is 23.5. The van der Waals surface area contributed by atoms with Crippen molar-refractivity contribution in [2.45, 2.75) is 26.3 Å². The van der Waals surface area contributed by atoms with Crippen LogP contribution in [-0.4, -0.2) is 35.3 Å². The van der Waals surface area contributed by atoms with E-state index in [2.05, 4.69) is 21.8 Å². The van der Waals surface area contributed by atoms with Gasteiger partial charge >= 0.3 is 0 Å². The van der Waals surface area contributed by atoms with Crippen molar-refractivity contribution in [1.82, 2.24) is 20.4 Å². The predicted molar refractivity (Wildman–Crippen MR) is 130 cm³/mol. The molecule has 172 valence electrons. The van der Waals surface area contributed by atoms with E-state index in [0.717, 1.165) is 59.5 Å². The molecule has 1 fully saturated rings. The third-order valence-corrected chi connectivity index (χ3v) is 6.42. The van der Waals surface area contributed by atoms with Gasteiger partial charge < -0.3 is 15.1 Å². The first-order chi connectivity index (χ1) is 16.6. The summed E-state index contributed by atoms with van der Waals surface area (Å²) in [7, 11) is 0. The van der Waals surface area contributed by atoms with Crippen molar-refractivity contribution < 1.29 is 9.21 Å². The summed E-state index contributed by atoms with van der Waals surface area (Å²) in [6.45, 7) is 5.01. The van der Waals surface area contributed by atoms with E-state index in [4.69, 9.17) is 4.42 Å². The van der Waals surface area contributed by atoms with Crippen LogP contribution in [0.4, 0.5) is 0 Å². The van der Waals surface area contributed by atoms with Gasteiger partial charge in [-0.1, -0.05) is 30.3 Å². The molecule has 0 bridgehead atoms. The summed E-state index contributed by atoms with van der Waals surface area (Å²) >= 11 is 0. The number of piperidine rings is 1. The molecular formula is C27H27N5O2. The van der Waals surface area contributed by atoms with Crippen LogP contribution in [0.5, 0.6) is 0 Å². The largest absolute Gasteiger partial charge is 0.456 e. The maximum Gasteiger partial charge on any atom is 0.271 e. The Labute approximate surface area is 198 Å². The molecule has 3 heterocycles. The van der Waals surface area contributed by atoms with Crippen LogP contribution < -0.4 is 10.6 Å². The Balaban J connectivity index is 1.39. The Hall–Kier alpha value is -3.89. The molecule has 1 aliphatic rings. The molecule has 7 nitrogen and oxygen atoms in total. The SMILES string of the molecule is Cc1cc(C(=O)NCC2CCNCC2)nn1Cc1cc(C#N)cc2cc(-c3ccccc3)oc12. The number of nitriles is 1. The second-order valence-electron chi connectivity index (χ2n) is 8.87. The van der Waals surface area contributed by atoms with Crippen molar-refractivity contribution in [3.63, 3.8) is 0 Å². The maximum atomic E-state index is 12.7. The molecular weight excluding hydrogens is 426 g/mol. The third kappa shape index (κ3) is 4.59. The number of aromatic nitrogens is 2. The smallest absolute Gasteiger partial charge is 0.271 e. The Morgan fingerprint density at radius 2 is 2.00 bits per heavy atom. The van der Waals surface area contributed by atoms with Crippen molar-refractivity contribution in [3.8, 4) is 17.4 Å². The molecule has 34 heavy (non-hydrogen) atoms. The first-order valence-corrected chi connectivity index (χ1v) is 11.7. The van der Waals surface area contributed by atoms with Crippen molar-refractivity contribution in [2.24, 2.45) is 5.92 Å². The summed E-state index contributed by atoms with van der Waals surface area (Å²) in [6, 6.07) is 19.6. The average molecular weight is 454 g/mol. The second kappa shape index (κ2) is 9.54. The molecule has 1 aliphatic heterocycles. The number of furan rings is 1. The maximum absolute atomic E-state index is 12.7. The van der Waals surface area contributed by atoms with Crippen LogP contribution in [-0.2, 0) is 6.54 Å². The number of aryl methyl sites for hydroxylation is 1. The number of rotatable bonds is 6. The molecule has 0 atom stereocenters. The summed E-state index contributed by atoms with van der Waals surface area (Å²) in [4.78, 5) is 12.7. The number of nitrogens with zero attached hydrogens (tertiary/aromatic N) is 3. The lowest BCUT2D eigenvalue weighted by atomic mass is 9.98. The molecule has 1 saturated heterocycles. The summed E-state index contributed by atoms with van der Waals surface area (Å²) in [5.41, 5.74) is 4.40. The first kappa shape index (κ1) is 21.9. The van der Waals surface area contributed by atoms with E-state index in [0.29, 0.717) is 30.3 Å². The van der Waals surface area contributed by atoms with E-state index in [1.54, 1.807) is 10.7 Å². The van der Waals surface area contributed by atoms with Crippen LogP contribution in [0.25, 0.3) is 22.3 Å². The standard InChI is InChI=1S/C27H27N5O2/c1-18-11-24(27(33)30-16-19-7-9-29-10-8-19)31-32(18)17-23-13-20(15-28)12-22-14-25(34-26(22)23)21-5-3-2-4-6-21/h2-6,11-14,19,29H,7-10,16-17H2,1H3,(H,30,33). The van der Waals surface area contributed by atoms with Gasteiger partial charge in [0.1, 0.15) is 17.0 Å². The van der Waals surface area contributed by atoms with Crippen molar-refractivity contribution >= 4 is 16.9 Å². The highest BCUT2D eigenvalue weighted by Gasteiger charge is 2.18. The molecule has 0 saturated carbocycles. The number of hydrogen-bond acceptors (Lipinski definition) is 5. The second-order valence-corrected chi connectivity index (χ2v) is 8.87. The highest BCUT2D eigenvalue weighted by molar-refractivity contribution is 5.92. The molecule has 7 heteroatoms. The average Bonchev–Trinajstić information content (AvgIpc) is 3.47. The van der Waals surface area contributed by atoms with E-state index in [9.17, 15) is 10.1 Å². The fourth-order valence-corrected chi connectivity index (χ4v) is 4.51. The number of hydrogen-bond donors (Lipinski definition) is 2. The van der Waals surface area contributed by atoms with Gasteiger partial charge in [0.05, 0.1) is 18.2 Å². The van der Waals surface area contributed by atoms with Gasteiger partial charge in [-0.2, -0.15) is 10.4 Å². The van der Waals surface area contributed by atoms with Gasteiger partial charge in [0.25, 0.3) is 5.91 Å². The zero-order valence-electron chi connectivity index (χ0n) is 19.2. The lowest BCUT2D eigenvalue weighted by Crippen LogP contribution is -2.36. The molecule has 1 amide bonds. The predicted octanol–water partition coefficient (Wildman–Crippen LogP) is 4.25. The number of amides is 1. The van der Waals surface area contributed by atoms with Crippen LogP contribution in [0.15, 0.2) is 59.0 Å². The fraction of sp³-hybridized carbons (Fsp3) is 0.296. The van der Waals surface area contributed by atoms with Crippen LogP contribution in [0.2, 0.25) is 0 Å². The molecule has 0 radical (unpaired) electrons. The monoisotopic (exact) mass is 453 g/mol. The minimum atomic E-state index is -0.152. The number of carbonyl (C=O) groups is 1. The molecule has 0 aliphatic carbocycles. The van der Waals surface area contributed by atoms with Crippen LogP contribution in [0.3, 0.4) is 0 Å². The van der Waals surface area contributed by atoms with Crippen molar-refractivity contribution in [1.29, 1.82) is 5.26 Å². The van der Waals surface area contributed by atoms with Gasteiger partial charge in [0.2, 0.25) is 0 Å². The first-order valence-electron chi connectivity index (χ1n) is 11.7. The van der Waals surface area contributed by atoms with Crippen LogP contribution in [0.1, 0.15) is 40.2 Å². The third-order valence-electron chi connectivity index (χ3n) is 6.42. The lowest BCUT2D eigenvalue weighted by molar-refractivity contribution is 0.0938. The van der Waals surface area contributed by atoms with Gasteiger partial charge in [0, 0.05) is 28.8 Å². The van der Waals surface area contributed by atoms with Gasteiger partial charge in [-0.25, -0.2) is 0 Å². The Kier molecular flexibility index (Phi) is 6.15. The van der Waals surface area contributed by atoms with Gasteiger partial charge in [-0.3, -0.25) is 9.48 Å². The molecule has 2 aromatic carbocycles. The number of fused-ring (bicyclic) bond motifs is 1. The molecule has 0 unspecified atom stereocenters. The quantitative estimate of drug-likeness (QED) is 0.455. The summed E-state index contributed by atoms with van der Waals surface area (Å²) in [5, 5.41) is 21.4. The van der Waals surface area contributed by atoms with E-state index >= 15 is 0 Å². The minimum Gasteiger partial charge on any atom is -0.456 e. The van der Waals surface area contributed by atoms with E-state index in [1.807, 2.05) is 55.5 Å². The lowest BCUT2D eigenvalue weighted by Gasteiger charge is -2.22. The Morgan fingerprint density at radius 1 is 1.21 bits per heavy atom. The molecule has 5 rings (SSSR count). The highest BCUT2D eigenvalue weighted by atomic mass is 16.3. The van der Waals surface area contributed by atoms with E-state index in [-0.39, 0.29) is 5.91 Å². The number of benzene rings is 2. The Bertz CT molecular complexity index is 1360. The van der Waals surface area contributed by atoms with E-state index in [1.165, 1.54) is 0 Å². The zero-order valence-corrected chi connectivity index (χ0v) is 19.2. The highest BCUT2D eigenvalue weighted by Crippen LogP contribution is 2.31. The number of carbonyl (C=O) groups excluding carboxylic acids is 1. The van der Waals surface area contributed by atoms with Crippen LogP contribution in [0, 0.1) is 24.2 Å². The molecule has 4 aromatic rings. The Morgan fingerprint density at radius 3 is 2.76 bits per heavy atom. The summed E-state index contributed by atoms with van der Waals surface area (Å²) < 4.78 is 8.01. The topological polar surface area (TPSA) is 95.9 Å². The van der Waals surface area contributed by atoms with Crippen LogP contribution >= 0.6 is 0 Å².